The number of benzene rings is 1. The molecule has 1 aliphatic heterocycles. The quantitative estimate of drug-likeness (QED) is 0.756. The molecule has 0 radical (unpaired) electrons. The summed E-state index contributed by atoms with van der Waals surface area (Å²) in [4.78, 5) is 25.2. The van der Waals surface area contributed by atoms with Gasteiger partial charge in [0, 0.05) is 14.1 Å². The summed E-state index contributed by atoms with van der Waals surface area (Å²) in [7, 11) is -0.958. The standard InChI is InChI=1S/C15H18ClN3O5S/c1-4-24-15(21)10-8-13(20)19(14(10)17)12-7-9(5-6-11(12)16)25(22,23)18(2)3/h5-7H,4,8,17H2,1-3H3. The van der Waals surface area contributed by atoms with E-state index in [2.05, 4.69) is 0 Å². The molecule has 2 N–H and O–H groups in total. The molecule has 1 aliphatic rings. The molecule has 2 rings (SSSR count). The molecule has 1 heterocycles. The second kappa shape index (κ2) is 7.03. The lowest BCUT2D eigenvalue weighted by atomic mass is 10.2. The second-order valence-electron chi connectivity index (χ2n) is 5.39. The van der Waals surface area contributed by atoms with Crippen molar-refractivity contribution in [2.24, 2.45) is 5.73 Å². The molecule has 136 valence electrons. The molecule has 0 saturated carbocycles. The Hall–Kier alpha value is -2.10. The van der Waals surface area contributed by atoms with Crippen LogP contribution in [-0.4, -0.2) is 45.3 Å². The third kappa shape index (κ3) is 3.48. The third-order valence-corrected chi connectivity index (χ3v) is 5.72. The maximum Gasteiger partial charge on any atom is 0.338 e. The number of halogens is 1. The lowest BCUT2D eigenvalue weighted by molar-refractivity contribution is -0.139. The number of hydrogen-bond acceptors (Lipinski definition) is 6. The van der Waals surface area contributed by atoms with Crippen LogP contribution in [0.5, 0.6) is 0 Å². The number of nitrogens with two attached hydrogens (primary N) is 1. The molecule has 0 unspecified atom stereocenters. The monoisotopic (exact) mass is 387 g/mol. The molecule has 0 aromatic heterocycles. The van der Waals surface area contributed by atoms with Crippen LogP contribution >= 0.6 is 11.6 Å². The van der Waals surface area contributed by atoms with Crippen LogP contribution in [0.25, 0.3) is 0 Å². The summed E-state index contributed by atoms with van der Waals surface area (Å²) in [6.45, 7) is 1.77. The molecule has 1 aromatic carbocycles. The summed E-state index contributed by atoms with van der Waals surface area (Å²) in [6.07, 6.45) is -0.244. The zero-order chi connectivity index (χ0) is 18.9. The Morgan fingerprint density at radius 2 is 2.04 bits per heavy atom. The first-order valence-corrected chi connectivity index (χ1v) is 9.13. The molecule has 0 atom stereocenters. The first kappa shape index (κ1) is 19.2. The minimum Gasteiger partial charge on any atom is -0.463 e. The van der Waals surface area contributed by atoms with Gasteiger partial charge in [0.25, 0.3) is 0 Å². The highest BCUT2D eigenvalue weighted by atomic mass is 35.5. The number of ether oxygens (including phenoxy) is 1. The summed E-state index contributed by atoms with van der Waals surface area (Å²) < 4.78 is 30.5. The number of hydrogen-bond donors (Lipinski definition) is 1. The average molecular weight is 388 g/mol. The van der Waals surface area contributed by atoms with E-state index in [0.29, 0.717) is 0 Å². The fraction of sp³-hybridized carbons (Fsp3) is 0.333. The van der Waals surface area contributed by atoms with E-state index in [1.807, 2.05) is 0 Å². The summed E-state index contributed by atoms with van der Waals surface area (Å²) in [5.74, 6) is -1.31. The van der Waals surface area contributed by atoms with Crippen LogP contribution in [0.2, 0.25) is 5.02 Å². The first-order valence-electron chi connectivity index (χ1n) is 7.32. The molecular formula is C15H18ClN3O5S. The van der Waals surface area contributed by atoms with Crippen molar-refractivity contribution in [1.82, 2.24) is 4.31 Å². The third-order valence-electron chi connectivity index (χ3n) is 3.59. The van der Waals surface area contributed by atoms with Crippen molar-refractivity contribution in [2.45, 2.75) is 18.2 Å². The Kier molecular flexibility index (Phi) is 5.40. The maximum atomic E-state index is 12.3. The molecule has 8 nitrogen and oxygen atoms in total. The molecule has 0 spiro atoms. The van der Waals surface area contributed by atoms with Gasteiger partial charge in [-0.1, -0.05) is 11.6 Å². The fourth-order valence-corrected chi connectivity index (χ4v) is 3.41. The average Bonchev–Trinajstić information content (AvgIpc) is 2.83. The van der Waals surface area contributed by atoms with Crippen LogP contribution in [0.4, 0.5) is 5.69 Å². The highest BCUT2D eigenvalue weighted by Crippen LogP contribution is 2.35. The molecule has 1 amide bonds. The van der Waals surface area contributed by atoms with Gasteiger partial charge in [0.15, 0.2) is 0 Å². The number of amides is 1. The predicted octanol–water partition coefficient (Wildman–Crippen LogP) is 1.06. The maximum absolute atomic E-state index is 12.3. The van der Waals surface area contributed by atoms with Crippen molar-refractivity contribution in [2.75, 3.05) is 25.6 Å². The van der Waals surface area contributed by atoms with Gasteiger partial charge in [0.2, 0.25) is 15.9 Å². The largest absolute Gasteiger partial charge is 0.463 e. The van der Waals surface area contributed by atoms with Crippen molar-refractivity contribution in [3.63, 3.8) is 0 Å². The first-order chi connectivity index (χ1) is 11.6. The smallest absolute Gasteiger partial charge is 0.338 e. The van der Waals surface area contributed by atoms with Crippen LogP contribution < -0.4 is 10.6 Å². The van der Waals surface area contributed by atoms with E-state index in [0.717, 1.165) is 9.21 Å². The van der Waals surface area contributed by atoms with Gasteiger partial charge in [0.1, 0.15) is 5.82 Å². The van der Waals surface area contributed by atoms with Crippen molar-refractivity contribution in [1.29, 1.82) is 0 Å². The van der Waals surface area contributed by atoms with E-state index in [1.165, 1.54) is 32.3 Å². The lowest BCUT2D eigenvalue weighted by Crippen LogP contribution is -2.30. The van der Waals surface area contributed by atoms with E-state index in [1.54, 1.807) is 6.92 Å². The molecule has 0 bridgehead atoms. The molecule has 1 aromatic rings. The van der Waals surface area contributed by atoms with Crippen molar-refractivity contribution in [3.8, 4) is 0 Å². The molecule has 0 aliphatic carbocycles. The molecule has 0 fully saturated rings. The van der Waals surface area contributed by atoms with Gasteiger partial charge in [-0.3, -0.25) is 9.69 Å². The van der Waals surface area contributed by atoms with E-state index in [-0.39, 0.29) is 40.0 Å². The Bertz CT molecular complexity index is 864. The van der Waals surface area contributed by atoms with Crippen molar-refractivity contribution >= 4 is 39.2 Å². The molecule has 0 saturated heterocycles. The number of sulfonamides is 1. The normalized spacial score (nSPS) is 15.2. The predicted molar refractivity (Wildman–Crippen MR) is 92.3 cm³/mol. The van der Waals surface area contributed by atoms with E-state index >= 15 is 0 Å². The van der Waals surface area contributed by atoms with Gasteiger partial charge in [0.05, 0.1) is 34.2 Å². The number of carbonyl (C=O) groups is 2. The van der Waals surface area contributed by atoms with Crippen molar-refractivity contribution in [3.05, 3.63) is 34.6 Å². The Labute approximate surface area is 150 Å². The van der Waals surface area contributed by atoms with Gasteiger partial charge < -0.3 is 10.5 Å². The summed E-state index contributed by atoms with van der Waals surface area (Å²) in [5, 5.41) is 0.124. The van der Waals surface area contributed by atoms with Crippen LogP contribution in [0.1, 0.15) is 13.3 Å². The van der Waals surface area contributed by atoms with Gasteiger partial charge in [-0.05, 0) is 25.1 Å². The summed E-state index contributed by atoms with van der Waals surface area (Å²) in [5.41, 5.74) is 6.04. The van der Waals surface area contributed by atoms with Crippen LogP contribution in [0, 0.1) is 0 Å². The van der Waals surface area contributed by atoms with Gasteiger partial charge >= 0.3 is 5.97 Å². The zero-order valence-electron chi connectivity index (χ0n) is 13.9. The SMILES string of the molecule is CCOC(=O)C1=C(N)N(c2cc(S(=O)(=O)N(C)C)ccc2Cl)C(=O)C1. The van der Waals surface area contributed by atoms with E-state index in [9.17, 15) is 18.0 Å². The molecule has 10 heteroatoms. The number of anilines is 1. The number of esters is 1. The van der Waals surface area contributed by atoms with Gasteiger partial charge in [-0.15, -0.1) is 0 Å². The minimum absolute atomic E-state index is 0.0174. The topological polar surface area (TPSA) is 110 Å². The molecular weight excluding hydrogens is 370 g/mol. The number of nitrogens with zero attached hydrogens (tertiary/aromatic N) is 2. The number of carbonyl (C=O) groups excluding carboxylic acids is 2. The number of rotatable bonds is 5. The Balaban J connectivity index is 2.55. The second-order valence-corrected chi connectivity index (χ2v) is 7.95. The highest BCUT2D eigenvalue weighted by Gasteiger charge is 2.35. The van der Waals surface area contributed by atoms with E-state index < -0.39 is 21.9 Å². The van der Waals surface area contributed by atoms with Crippen LogP contribution in [-0.2, 0) is 24.3 Å². The highest BCUT2D eigenvalue weighted by molar-refractivity contribution is 7.89. The fourth-order valence-electron chi connectivity index (χ4n) is 2.28. The zero-order valence-corrected chi connectivity index (χ0v) is 15.5. The Morgan fingerprint density at radius 1 is 1.40 bits per heavy atom. The van der Waals surface area contributed by atoms with Gasteiger partial charge in [-0.2, -0.15) is 0 Å². The van der Waals surface area contributed by atoms with E-state index in [4.69, 9.17) is 22.1 Å². The van der Waals surface area contributed by atoms with Crippen molar-refractivity contribution < 1.29 is 22.7 Å². The Morgan fingerprint density at radius 3 is 2.60 bits per heavy atom. The van der Waals surface area contributed by atoms with Crippen LogP contribution in [0.15, 0.2) is 34.5 Å². The summed E-state index contributed by atoms with van der Waals surface area (Å²) >= 11 is 6.13. The van der Waals surface area contributed by atoms with Crippen LogP contribution in [0.3, 0.4) is 0 Å². The van der Waals surface area contributed by atoms with Gasteiger partial charge in [-0.25, -0.2) is 17.5 Å². The minimum atomic E-state index is -3.73. The molecule has 25 heavy (non-hydrogen) atoms. The lowest BCUT2D eigenvalue weighted by Gasteiger charge is -2.20. The summed E-state index contributed by atoms with van der Waals surface area (Å²) in [6, 6.07) is 3.93.